The molecule has 8 heteroatoms. The molecule has 174 valence electrons. The summed E-state index contributed by atoms with van der Waals surface area (Å²) in [7, 11) is 1.59. The Labute approximate surface area is 205 Å². The van der Waals surface area contributed by atoms with Crippen molar-refractivity contribution in [1.29, 1.82) is 0 Å². The smallest absolute Gasteiger partial charge is 0.267 e. The molecule has 0 bridgehead atoms. The van der Waals surface area contributed by atoms with Crippen LogP contribution in [0.25, 0.3) is 32.0 Å². The van der Waals surface area contributed by atoms with Gasteiger partial charge < -0.3 is 10.1 Å². The monoisotopic (exact) mass is 482 g/mol. The third-order valence-corrected chi connectivity index (χ3v) is 6.55. The molecule has 0 unspecified atom stereocenters. The van der Waals surface area contributed by atoms with E-state index in [9.17, 15) is 9.59 Å². The summed E-state index contributed by atoms with van der Waals surface area (Å²) < 4.78 is 7.55. The molecular weight excluding hydrogens is 460 g/mol. The molecule has 7 nitrogen and oxygen atoms in total. The maximum absolute atomic E-state index is 12.6. The van der Waals surface area contributed by atoms with Gasteiger partial charge >= 0.3 is 0 Å². The molecule has 0 aliphatic rings. The van der Waals surface area contributed by atoms with E-state index in [1.54, 1.807) is 24.5 Å². The first kappa shape index (κ1) is 22.5. The molecular formula is C27H22N4O3S. The van der Waals surface area contributed by atoms with Crippen molar-refractivity contribution in [2.45, 2.75) is 13.5 Å². The lowest BCUT2D eigenvalue weighted by Gasteiger charge is -2.09. The Kier molecular flexibility index (Phi) is 6.12. The quantitative estimate of drug-likeness (QED) is 0.362. The molecule has 0 aliphatic heterocycles. The number of carbonyl (C=O) groups excluding carboxylic acids is 1. The number of nitrogens with one attached hydrogen (secondary N) is 1. The zero-order valence-corrected chi connectivity index (χ0v) is 20.0. The van der Waals surface area contributed by atoms with Crippen molar-refractivity contribution in [2.24, 2.45) is 0 Å². The molecule has 0 atom stereocenters. The Balaban J connectivity index is 1.30. The minimum absolute atomic E-state index is 0.199. The zero-order valence-electron chi connectivity index (χ0n) is 19.2. The van der Waals surface area contributed by atoms with E-state index in [0.717, 1.165) is 31.0 Å². The number of anilines is 1. The Morgan fingerprint density at radius 3 is 2.63 bits per heavy atom. The van der Waals surface area contributed by atoms with E-state index in [1.165, 1.54) is 11.6 Å². The fourth-order valence-electron chi connectivity index (χ4n) is 3.69. The van der Waals surface area contributed by atoms with Gasteiger partial charge in [-0.3, -0.25) is 9.59 Å². The lowest BCUT2D eigenvalue weighted by molar-refractivity contribution is -0.117. The third-order valence-electron chi connectivity index (χ3n) is 5.49. The molecule has 0 aliphatic carbocycles. The highest BCUT2D eigenvalue weighted by Gasteiger charge is 2.11. The van der Waals surface area contributed by atoms with E-state index < -0.39 is 0 Å². The maximum Gasteiger partial charge on any atom is 0.267 e. The summed E-state index contributed by atoms with van der Waals surface area (Å²) in [6.07, 6.45) is 0. The van der Waals surface area contributed by atoms with Gasteiger partial charge in [-0.1, -0.05) is 18.2 Å². The van der Waals surface area contributed by atoms with E-state index in [0.29, 0.717) is 17.1 Å². The topological polar surface area (TPSA) is 86.1 Å². The summed E-state index contributed by atoms with van der Waals surface area (Å²) in [5, 5.41) is 8.12. The number of thiazole rings is 1. The van der Waals surface area contributed by atoms with Crippen LogP contribution in [0.2, 0.25) is 0 Å². The molecule has 0 saturated heterocycles. The second kappa shape index (κ2) is 9.52. The van der Waals surface area contributed by atoms with Gasteiger partial charge in [-0.2, -0.15) is 5.10 Å². The molecule has 2 aromatic heterocycles. The summed E-state index contributed by atoms with van der Waals surface area (Å²) in [6.45, 7) is 1.87. The number of rotatable bonds is 6. The van der Waals surface area contributed by atoms with Crippen molar-refractivity contribution in [3.8, 4) is 27.6 Å². The number of ether oxygens (including phenoxy) is 1. The highest BCUT2D eigenvalue weighted by atomic mass is 32.1. The molecule has 5 rings (SSSR count). The molecule has 1 amide bonds. The number of hydrogen-bond acceptors (Lipinski definition) is 6. The first-order chi connectivity index (χ1) is 17.0. The van der Waals surface area contributed by atoms with Crippen LogP contribution in [0.3, 0.4) is 0 Å². The van der Waals surface area contributed by atoms with Gasteiger partial charge in [0, 0.05) is 22.9 Å². The highest BCUT2D eigenvalue weighted by Crippen LogP contribution is 2.31. The van der Waals surface area contributed by atoms with Crippen LogP contribution in [0.1, 0.15) is 5.56 Å². The number of carbonyl (C=O) groups is 1. The fourth-order valence-corrected chi connectivity index (χ4v) is 4.76. The van der Waals surface area contributed by atoms with Gasteiger partial charge in [0.05, 0.1) is 23.0 Å². The second-order valence-corrected chi connectivity index (χ2v) is 9.09. The van der Waals surface area contributed by atoms with Crippen LogP contribution < -0.4 is 15.6 Å². The third kappa shape index (κ3) is 4.97. The lowest BCUT2D eigenvalue weighted by Crippen LogP contribution is -2.29. The van der Waals surface area contributed by atoms with Crippen molar-refractivity contribution < 1.29 is 9.53 Å². The first-order valence-corrected chi connectivity index (χ1v) is 11.8. The number of hydrogen-bond donors (Lipinski definition) is 1. The van der Waals surface area contributed by atoms with Crippen LogP contribution in [0.4, 0.5) is 5.69 Å². The Morgan fingerprint density at radius 1 is 1.00 bits per heavy atom. The van der Waals surface area contributed by atoms with Crippen LogP contribution >= 0.6 is 11.3 Å². The van der Waals surface area contributed by atoms with Crippen LogP contribution in [-0.4, -0.2) is 27.8 Å². The molecule has 2 heterocycles. The first-order valence-electron chi connectivity index (χ1n) is 11.0. The zero-order chi connectivity index (χ0) is 24.4. The van der Waals surface area contributed by atoms with Crippen molar-refractivity contribution in [3.05, 3.63) is 94.8 Å². The molecule has 5 aromatic rings. The minimum Gasteiger partial charge on any atom is -0.497 e. The van der Waals surface area contributed by atoms with Gasteiger partial charge in [0.2, 0.25) is 5.91 Å². The Morgan fingerprint density at radius 2 is 1.83 bits per heavy atom. The van der Waals surface area contributed by atoms with E-state index in [-0.39, 0.29) is 18.0 Å². The standard InChI is InChI=1S/C27H22N4O3S/c1-17-6-11-23-24(14-17)35-27(29-23)18-7-9-20(10-8-18)28-25(32)16-31-26(33)13-12-22(30-31)19-4-3-5-21(15-19)34-2/h3-15H,16H2,1-2H3,(H,28,32). The molecule has 0 fully saturated rings. The number of nitrogens with zero attached hydrogens (tertiary/aromatic N) is 3. The maximum atomic E-state index is 12.6. The van der Waals surface area contributed by atoms with Gasteiger partial charge in [-0.25, -0.2) is 9.67 Å². The lowest BCUT2D eigenvalue weighted by atomic mass is 10.1. The normalized spacial score (nSPS) is 10.9. The highest BCUT2D eigenvalue weighted by molar-refractivity contribution is 7.21. The van der Waals surface area contributed by atoms with Crippen molar-refractivity contribution in [1.82, 2.24) is 14.8 Å². The van der Waals surface area contributed by atoms with Crippen LogP contribution in [0.15, 0.2) is 83.7 Å². The molecule has 1 N–H and O–H groups in total. The average Bonchev–Trinajstić information content (AvgIpc) is 3.29. The number of aromatic nitrogens is 3. The number of amides is 1. The van der Waals surface area contributed by atoms with Crippen LogP contribution in [0, 0.1) is 6.92 Å². The van der Waals surface area contributed by atoms with Crippen molar-refractivity contribution in [3.63, 3.8) is 0 Å². The summed E-state index contributed by atoms with van der Waals surface area (Å²) in [5.74, 6) is 0.342. The van der Waals surface area contributed by atoms with Crippen molar-refractivity contribution >= 4 is 33.1 Å². The van der Waals surface area contributed by atoms with Gasteiger partial charge in [0.25, 0.3) is 5.56 Å². The van der Waals surface area contributed by atoms with Crippen molar-refractivity contribution in [2.75, 3.05) is 12.4 Å². The molecule has 35 heavy (non-hydrogen) atoms. The number of aryl methyl sites for hydroxylation is 1. The fraction of sp³-hybridized carbons (Fsp3) is 0.111. The average molecular weight is 483 g/mol. The summed E-state index contributed by atoms with van der Waals surface area (Å²) in [5.41, 5.74) is 4.80. The number of benzene rings is 3. The molecule has 0 spiro atoms. The largest absolute Gasteiger partial charge is 0.497 e. The Hall–Kier alpha value is -4.30. The van der Waals surface area contributed by atoms with Gasteiger partial charge in [0.15, 0.2) is 0 Å². The van der Waals surface area contributed by atoms with Gasteiger partial charge in [-0.15, -0.1) is 11.3 Å². The SMILES string of the molecule is COc1cccc(-c2ccc(=O)n(CC(=O)Nc3ccc(-c4nc5ccc(C)cc5s4)cc3)n2)c1. The Bertz CT molecular complexity index is 1590. The van der Waals surface area contributed by atoms with E-state index in [1.807, 2.05) is 54.6 Å². The van der Waals surface area contributed by atoms with Crippen LogP contribution in [0.5, 0.6) is 5.75 Å². The van der Waals surface area contributed by atoms with E-state index in [4.69, 9.17) is 9.72 Å². The summed E-state index contributed by atoms with van der Waals surface area (Å²) >= 11 is 1.64. The predicted octanol–water partition coefficient (Wildman–Crippen LogP) is 5.14. The summed E-state index contributed by atoms with van der Waals surface area (Å²) in [6, 6.07) is 24.1. The molecule has 0 saturated carbocycles. The molecule has 0 radical (unpaired) electrons. The van der Waals surface area contributed by atoms with E-state index >= 15 is 0 Å². The van der Waals surface area contributed by atoms with E-state index in [2.05, 4.69) is 29.5 Å². The second-order valence-electron chi connectivity index (χ2n) is 8.06. The minimum atomic E-state index is -0.354. The number of fused-ring (bicyclic) bond motifs is 1. The van der Waals surface area contributed by atoms with Gasteiger partial charge in [-0.05, 0) is 67.1 Å². The predicted molar refractivity (Wildman–Crippen MR) is 139 cm³/mol. The van der Waals surface area contributed by atoms with Gasteiger partial charge in [0.1, 0.15) is 17.3 Å². The summed E-state index contributed by atoms with van der Waals surface area (Å²) in [4.78, 5) is 29.6. The van der Waals surface area contributed by atoms with Crippen LogP contribution in [-0.2, 0) is 11.3 Å². The molecule has 3 aromatic carbocycles. The number of methoxy groups -OCH3 is 1.